The fourth-order valence-corrected chi connectivity index (χ4v) is 2.78. The van der Waals surface area contributed by atoms with Crippen LogP contribution in [0.5, 0.6) is 0 Å². The molecule has 6 nitrogen and oxygen atoms in total. The van der Waals surface area contributed by atoms with Gasteiger partial charge >= 0.3 is 12.0 Å². The van der Waals surface area contributed by atoms with Gasteiger partial charge in [0, 0.05) is 13.1 Å². The molecule has 2 amide bonds. The first kappa shape index (κ1) is 15.1. The maximum Gasteiger partial charge on any atom is 0.318 e. The van der Waals surface area contributed by atoms with E-state index in [0.29, 0.717) is 18.7 Å². The highest BCUT2D eigenvalue weighted by Gasteiger charge is 2.32. The largest absolute Gasteiger partial charge is 0.481 e. The number of aliphatic carboxylic acids is 1. The van der Waals surface area contributed by atoms with E-state index in [9.17, 15) is 9.59 Å². The average molecular weight is 314 g/mol. The smallest absolute Gasteiger partial charge is 0.318 e. The van der Waals surface area contributed by atoms with Gasteiger partial charge in [0.2, 0.25) is 0 Å². The zero-order chi connectivity index (χ0) is 16.2. The van der Waals surface area contributed by atoms with Crippen LogP contribution < -0.4 is 5.32 Å². The van der Waals surface area contributed by atoms with E-state index in [-0.39, 0.29) is 12.6 Å². The van der Waals surface area contributed by atoms with Crippen molar-refractivity contribution in [3.63, 3.8) is 0 Å². The zero-order valence-corrected chi connectivity index (χ0v) is 12.5. The SMILES string of the molecule is O=C(O)C1CCN(C(=O)NC(c2ccccc2)c2ccco2)C1. The number of carbonyl (C=O) groups is 2. The molecule has 2 unspecified atom stereocenters. The van der Waals surface area contributed by atoms with Gasteiger partial charge in [0.25, 0.3) is 0 Å². The molecule has 6 heteroatoms. The topological polar surface area (TPSA) is 82.8 Å². The molecule has 1 aromatic carbocycles. The maximum atomic E-state index is 12.5. The maximum absolute atomic E-state index is 12.5. The third-order valence-electron chi connectivity index (χ3n) is 4.05. The van der Waals surface area contributed by atoms with Crippen molar-refractivity contribution in [2.24, 2.45) is 5.92 Å². The number of hydrogen-bond donors (Lipinski definition) is 2. The molecule has 1 fully saturated rings. The summed E-state index contributed by atoms with van der Waals surface area (Å²) in [6, 6.07) is 12.4. The van der Waals surface area contributed by atoms with E-state index in [0.717, 1.165) is 5.56 Å². The van der Waals surface area contributed by atoms with Crippen LogP contribution in [0.3, 0.4) is 0 Å². The van der Waals surface area contributed by atoms with Crippen molar-refractivity contribution in [1.29, 1.82) is 0 Å². The lowest BCUT2D eigenvalue weighted by Crippen LogP contribution is -2.41. The molecule has 0 radical (unpaired) electrons. The standard InChI is InChI=1S/C17H18N2O4/c20-16(21)13-8-9-19(11-13)17(22)18-15(14-7-4-10-23-14)12-5-2-1-3-6-12/h1-7,10,13,15H,8-9,11H2,(H,18,22)(H,20,21). The predicted molar refractivity (Wildman–Crippen MR) is 82.8 cm³/mol. The number of urea groups is 1. The van der Waals surface area contributed by atoms with Crippen LogP contribution in [0.1, 0.15) is 23.8 Å². The van der Waals surface area contributed by atoms with Gasteiger partial charge in [-0.2, -0.15) is 0 Å². The Bertz CT molecular complexity index is 669. The summed E-state index contributed by atoms with van der Waals surface area (Å²) >= 11 is 0. The zero-order valence-electron chi connectivity index (χ0n) is 12.5. The highest BCUT2D eigenvalue weighted by atomic mass is 16.4. The van der Waals surface area contributed by atoms with Crippen LogP contribution in [0.4, 0.5) is 4.79 Å². The summed E-state index contributed by atoms with van der Waals surface area (Å²) in [7, 11) is 0. The van der Waals surface area contributed by atoms with E-state index in [2.05, 4.69) is 5.32 Å². The Morgan fingerprint density at radius 1 is 1.22 bits per heavy atom. The fraction of sp³-hybridized carbons (Fsp3) is 0.294. The van der Waals surface area contributed by atoms with Gasteiger partial charge in [-0.1, -0.05) is 30.3 Å². The second kappa shape index (κ2) is 6.56. The van der Waals surface area contributed by atoms with E-state index < -0.39 is 17.9 Å². The van der Waals surface area contributed by atoms with Crippen LogP contribution >= 0.6 is 0 Å². The molecular weight excluding hydrogens is 296 g/mol. The Kier molecular flexibility index (Phi) is 4.32. The van der Waals surface area contributed by atoms with Crippen LogP contribution in [-0.4, -0.2) is 35.1 Å². The Hall–Kier alpha value is -2.76. The molecule has 3 rings (SSSR count). The van der Waals surface area contributed by atoms with Crippen molar-refractivity contribution in [1.82, 2.24) is 10.2 Å². The molecule has 0 spiro atoms. The van der Waals surface area contributed by atoms with Crippen molar-refractivity contribution in [3.8, 4) is 0 Å². The molecule has 120 valence electrons. The van der Waals surface area contributed by atoms with E-state index in [4.69, 9.17) is 9.52 Å². The molecule has 0 bridgehead atoms. The third kappa shape index (κ3) is 3.36. The molecule has 2 heterocycles. The van der Waals surface area contributed by atoms with Crippen molar-refractivity contribution in [2.75, 3.05) is 13.1 Å². The van der Waals surface area contributed by atoms with Gasteiger partial charge in [0.1, 0.15) is 11.8 Å². The number of amides is 2. The van der Waals surface area contributed by atoms with E-state index in [1.807, 2.05) is 36.4 Å². The number of likely N-dealkylation sites (tertiary alicyclic amines) is 1. The van der Waals surface area contributed by atoms with Gasteiger partial charge in [-0.15, -0.1) is 0 Å². The minimum absolute atomic E-state index is 0.237. The molecule has 2 N–H and O–H groups in total. The minimum atomic E-state index is -0.856. The molecular formula is C17H18N2O4. The first-order chi connectivity index (χ1) is 11.1. The van der Waals surface area contributed by atoms with Crippen LogP contribution in [0, 0.1) is 5.92 Å². The van der Waals surface area contributed by atoms with Gasteiger partial charge < -0.3 is 19.7 Å². The number of rotatable bonds is 4. The Labute approximate surface area is 133 Å². The number of carbonyl (C=O) groups excluding carboxylic acids is 1. The number of nitrogens with zero attached hydrogens (tertiary/aromatic N) is 1. The molecule has 0 aliphatic carbocycles. The van der Waals surface area contributed by atoms with E-state index >= 15 is 0 Å². The Balaban J connectivity index is 1.75. The van der Waals surface area contributed by atoms with Crippen LogP contribution in [0.2, 0.25) is 0 Å². The van der Waals surface area contributed by atoms with Gasteiger partial charge in [-0.05, 0) is 24.1 Å². The van der Waals surface area contributed by atoms with Gasteiger partial charge in [0.05, 0.1) is 12.2 Å². The lowest BCUT2D eigenvalue weighted by Gasteiger charge is -2.22. The number of carboxylic acid groups (broad SMARTS) is 1. The molecule has 23 heavy (non-hydrogen) atoms. The monoisotopic (exact) mass is 314 g/mol. The van der Waals surface area contributed by atoms with Crippen molar-refractivity contribution in [3.05, 3.63) is 60.1 Å². The molecule has 0 saturated carbocycles. The summed E-state index contributed by atoms with van der Waals surface area (Å²) in [6.07, 6.45) is 2.05. The van der Waals surface area contributed by atoms with Crippen molar-refractivity contribution < 1.29 is 19.1 Å². The second-order valence-corrected chi connectivity index (χ2v) is 5.58. The van der Waals surface area contributed by atoms with E-state index in [1.54, 1.807) is 12.3 Å². The summed E-state index contributed by atoms with van der Waals surface area (Å²) in [6.45, 7) is 0.684. The van der Waals surface area contributed by atoms with Crippen LogP contribution in [0.15, 0.2) is 53.1 Å². The second-order valence-electron chi connectivity index (χ2n) is 5.58. The fourth-order valence-electron chi connectivity index (χ4n) is 2.78. The summed E-state index contributed by atoms with van der Waals surface area (Å²) in [5.41, 5.74) is 0.907. The molecule has 2 atom stereocenters. The summed E-state index contributed by atoms with van der Waals surface area (Å²) in [5.74, 6) is -0.705. The first-order valence-electron chi connectivity index (χ1n) is 7.51. The third-order valence-corrected chi connectivity index (χ3v) is 4.05. The quantitative estimate of drug-likeness (QED) is 0.908. The normalized spacial score (nSPS) is 18.6. The molecule has 1 aliphatic heterocycles. The molecule has 1 aromatic heterocycles. The highest BCUT2D eigenvalue weighted by molar-refractivity contribution is 5.78. The lowest BCUT2D eigenvalue weighted by atomic mass is 10.0. The van der Waals surface area contributed by atoms with Crippen molar-refractivity contribution >= 4 is 12.0 Å². The Morgan fingerprint density at radius 2 is 2.00 bits per heavy atom. The van der Waals surface area contributed by atoms with Crippen LogP contribution in [0.25, 0.3) is 0 Å². The number of benzene rings is 1. The van der Waals surface area contributed by atoms with Gasteiger partial charge in [0.15, 0.2) is 0 Å². The first-order valence-corrected chi connectivity index (χ1v) is 7.51. The Morgan fingerprint density at radius 3 is 2.61 bits per heavy atom. The van der Waals surface area contributed by atoms with Crippen LogP contribution in [-0.2, 0) is 4.79 Å². The van der Waals surface area contributed by atoms with Crippen molar-refractivity contribution in [2.45, 2.75) is 12.5 Å². The summed E-state index contributed by atoms with van der Waals surface area (Å²) in [5, 5.41) is 12.0. The molecule has 2 aromatic rings. The lowest BCUT2D eigenvalue weighted by molar-refractivity contribution is -0.141. The molecule has 1 saturated heterocycles. The summed E-state index contributed by atoms with van der Waals surface area (Å²) < 4.78 is 5.45. The number of furan rings is 1. The van der Waals surface area contributed by atoms with E-state index in [1.165, 1.54) is 4.90 Å². The average Bonchev–Trinajstić information content (AvgIpc) is 3.24. The van der Waals surface area contributed by atoms with Gasteiger partial charge in [-0.3, -0.25) is 4.79 Å². The molecule has 1 aliphatic rings. The minimum Gasteiger partial charge on any atom is -0.481 e. The number of nitrogens with one attached hydrogen (secondary N) is 1. The highest BCUT2D eigenvalue weighted by Crippen LogP contribution is 2.24. The number of hydrogen-bond acceptors (Lipinski definition) is 3. The predicted octanol–water partition coefficient (Wildman–Crippen LogP) is 2.49. The number of carboxylic acids is 1. The summed E-state index contributed by atoms with van der Waals surface area (Å²) in [4.78, 5) is 25.0. The van der Waals surface area contributed by atoms with Gasteiger partial charge in [-0.25, -0.2) is 4.79 Å².